The van der Waals surface area contributed by atoms with E-state index in [2.05, 4.69) is 10.6 Å². The van der Waals surface area contributed by atoms with Crippen LogP contribution in [0.25, 0.3) is 0 Å². The second-order valence-corrected chi connectivity index (χ2v) is 18.7. The number of likely N-dealkylation sites (tertiary alicyclic amines) is 2. The summed E-state index contributed by atoms with van der Waals surface area (Å²) in [6.45, 7) is 15.4. The Kier molecular flexibility index (Phi) is 17.6. The Labute approximate surface area is 363 Å². The first kappa shape index (κ1) is 49.4. The summed E-state index contributed by atoms with van der Waals surface area (Å²) in [5.41, 5.74) is 0.142. The maximum Gasteiger partial charge on any atom is 0.411 e. The monoisotopic (exact) mass is 856 g/mol. The van der Waals surface area contributed by atoms with Crippen LogP contribution < -0.4 is 10.6 Å². The number of amides is 5. The molecular formula is C46H73N5O10. The Balaban J connectivity index is 1.48. The van der Waals surface area contributed by atoms with E-state index in [0.29, 0.717) is 25.8 Å². The molecule has 1 aliphatic carbocycles. The average molecular weight is 856 g/mol. The van der Waals surface area contributed by atoms with Crippen molar-refractivity contribution in [2.24, 2.45) is 23.7 Å². The van der Waals surface area contributed by atoms with Crippen molar-refractivity contribution in [2.75, 3.05) is 34.9 Å². The van der Waals surface area contributed by atoms with Crippen LogP contribution in [0, 0.1) is 23.7 Å². The molecular weight excluding hydrogens is 783 g/mol. The fraction of sp³-hybridized carbons (Fsp3) is 0.739. The molecule has 3 aliphatic rings. The van der Waals surface area contributed by atoms with Crippen LogP contribution in [0.5, 0.6) is 0 Å². The van der Waals surface area contributed by atoms with Crippen LogP contribution in [0.2, 0.25) is 0 Å². The molecule has 1 aromatic rings. The molecule has 11 atom stereocenters. The molecule has 3 unspecified atom stereocenters. The molecule has 2 N–H and O–H groups in total. The smallest absolute Gasteiger partial charge is 0.411 e. The first-order valence-corrected chi connectivity index (χ1v) is 22.1. The van der Waals surface area contributed by atoms with E-state index in [1.165, 1.54) is 21.3 Å². The minimum atomic E-state index is -0.908. The second-order valence-electron chi connectivity index (χ2n) is 18.7. The molecule has 4 rings (SSSR count). The minimum Gasteiger partial charge on any atom is -0.467 e. The normalized spacial score (nSPS) is 23.4. The van der Waals surface area contributed by atoms with E-state index >= 15 is 0 Å². The number of benzene rings is 1. The number of esters is 1. The second kappa shape index (κ2) is 21.7. The van der Waals surface area contributed by atoms with Crippen molar-refractivity contribution >= 4 is 35.7 Å². The van der Waals surface area contributed by atoms with Gasteiger partial charge in [-0.2, -0.15) is 0 Å². The maximum absolute atomic E-state index is 14.6. The summed E-state index contributed by atoms with van der Waals surface area (Å²) in [5, 5.41) is 5.89. The summed E-state index contributed by atoms with van der Waals surface area (Å²) in [5.74, 6) is -2.95. The third-order valence-corrected chi connectivity index (χ3v) is 13.0. The minimum absolute atomic E-state index is 0.0178. The Morgan fingerprint density at radius 2 is 1.59 bits per heavy atom. The number of fused-ring (bicyclic) bond motifs is 2. The number of likely N-dealkylation sites (N-methyl/N-ethyl adjacent to an activating group) is 1. The predicted molar refractivity (Wildman–Crippen MR) is 230 cm³/mol. The zero-order valence-corrected chi connectivity index (χ0v) is 38.6. The first-order chi connectivity index (χ1) is 28.8. The molecule has 1 saturated carbocycles. The largest absolute Gasteiger partial charge is 0.467 e. The third kappa shape index (κ3) is 12.0. The lowest BCUT2D eigenvalue weighted by Gasteiger charge is -2.41. The van der Waals surface area contributed by atoms with Crippen molar-refractivity contribution in [1.82, 2.24) is 25.3 Å². The zero-order chi connectivity index (χ0) is 45.3. The third-order valence-electron chi connectivity index (χ3n) is 13.0. The number of nitrogens with one attached hydrogen (secondary N) is 2. The highest BCUT2D eigenvalue weighted by Gasteiger charge is 2.53. The molecule has 0 radical (unpaired) electrons. The van der Waals surface area contributed by atoms with E-state index in [1.54, 1.807) is 49.4 Å². The molecule has 0 aromatic heterocycles. The van der Waals surface area contributed by atoms with Crippen LogP contribution in [-0.2, 0) is 49.3 Å². The number of carbonyl (C=O) groups is 6. The van der Waals surface area contributed by atoms with Gasteiger partial charge >= 0.3 is 12.1 Å². The van der Waals surface area contributed by atoms with Crippen molar-refractivity contribution in [3.8, 4) is 0 Å². The van der Waals surface area contributed by atoms with E-state index in [4.69, 9.17) is 18.9 Å². The number of nitrogens with zero attached hydrogens (tertiary/aromatic N) is 3. The van der Waals surface area contributed by atoms with E-state index in [9.17, 15) is 28.8 Å². The number of methoxy groups -OCH3 is 3. The Morgan fingerprint density at radius 3 is 2.16 bits per heavy atom. The molecule has 15 heteroatoms. The van der Waals surface area contributed by atoms with Gasteiger partial charge in [-0.25, -0.2) is 9.59 Å². The molecule has 5 amide bonds. The average Bonchev–Trinajstić information content (AvgIpc) is 3.99. The van der Waals surface area contributed by atoms with Gasteiger partial charge in [0, 0.05) is 40.3 Å². The van der Waals surface area contributed by atoms with Gasteiger partial charge in [0.25, 0.3) is 0 Å². The molecule has 1 aromatic carbocycles. The first-order valence-electron chi connectivity index (χ1n) is 22.1. The van der Waals surface area contributed by atoms with Gasteiger partial charge in [-0.3, -0.25) is 24.1 Å². The lowest BCUT2D eigenvalue weighted by atomic mass is 9.89. The molecule has 0 spiro atoms. The number of rotatable bonds is 19. The van der Waals surface area contributed by atoms with Gasteiger partial charge in [0.15, 0.2) is 0 Å². The van der Waals surface area contributed by atoms with Crippen molar-refractivity contribution in [3.05, 3.63) is 35.9 Å². The fourth-order valence-corrected chi connectivity index (χ4v) is 9.67. The van der Waals surface area contributed by atoms with Crippen LogP contribution in [0.15, 0.2) is 30.3 Å². The van der Waals surface area contributed by atoms with Crippen molar-refractivity contribution in [1.29, 1.82) is 0 Å². The van der Waals surface area contributed by atoms with Crippen molar-refractivity contribution in [3.63, 3.8) is 0 Å². The summed E-state index contributed by atoms with van der Waals surface area (Å²) >= 11 is 0. The van der Waals surface area contributed by atoms with Crippen LogP contribution in [-0.4, -0.2) is 139 Å². The number of hydrogen-bond acceptors (Lipinski definition) is 10. The molecule has 2 heterocycles. The van der Waals surface area contributed by atoms with E-state index < -0.39 is 71.9 Å². The molecule has 61 heavy (non-hydrogen) atoms. The standard InChI is InChI=1S/C46H73N5O10/c1-13-28(4)38(49(9)43(55)37(27(2)3)48-42(54)39-31-21-22-32(25-31)51(39)45(57)61-46(6,7)8)35(58-10)26-36(52)50-23-17-20-34(50)40(59-11)29(5)41(53)47-33(44(56)60-12)24-30-18-15-14-16-19-30/h14-16,18-19,27-29,31-35,37-40H,13,17,20-26H2,1-12H3,(H,47,53)(H,48,54)/t28-,29+,31-,32+,33?,34?,35+,37?,38-,39-,40+/m0/s1. The van der Waals surface area contributed by atoms with Gasteiger partial charge in [0.1, 0.15) is 23.7 Å². The van der Waals surface area contributed by atoms with E-state index in [-0.39, 0.29) is 54.4 Å². The number of piperidine rings is 1. The quantitative estimate of drug-likeness (QED) is 0.185. The van der Waals surface area contributed by atoms with Gasteiger partial charge in [0.2, 0.25) is 23.6 Å². The van der Waals surface area contributed by atoms with Gasteiger partial charge in [0.05, 0.1) is 43.7 Å². The maximum atomic E-state index is 14.6. The van der Waals surface area contributed by atoms with Crippen molar-refractivity contribution < 1.29 is 47.7 Å². The molecule has 3 fully saturated rings. The molecule has 2 aliphatic heterocycles. The van der Waals surface area contributed by atoms with Crippen LogP contribution in [0.1, 0.15) is 106 Å². The fourth-order valence-electron chi connectivity index (χ4n) is 9.67. The van der Waals surface area contributed by atoms with E-state index in [1.807, 2.05) is 58.0 Å². The zero-order valence-electron chi connectivity index (χ0n) is 38.6. The summed E-state index contributed by atoms with van der Waals surface area (Å²) < 4.78 is 22.7. The van der Waals surface area contributed by atoms with Crippen LogP contribution >= 0.6 is 0 Å². The molecule has 15 nitrogen and oxygen atoms in total. The van der Waals surface area contributed by atoms with Crippen molar-refractivity contribution in [2.45, 2.75) is 161 Å². The van der Waals surface area contributed by atoms with Crippen LogP contribution in [0.4, 0.5) is 4.79 Å². The lowest BCUT2D eigenvalue weighted by Crippen LogP contribution is -2.61. The van der Waals surface area contributed by atoms with Gasteiger partial charge in [-0.1, -0.05) is 71.4 Å². The predicted octanol–water partition coefficient (Wildman–Crippen LogP) is 4.74. The Hall–Kier alpha value is -4.24. The molecule has 342 valence electrons. The van der Waals surface area contributed by atoms with Gasteiger partial charge < -0.3 is 39.4 Å². The SMILES string of the molecule is CC[C@H](C)[C@@H]([C@@H](CC(=O)N1CCCC1[C@H](OC)[C@@H](C)C(=O)NC(Cc1ccccc1)C(=O)OC)OC)N(C)C(=O)C(NC(=O)[C@@H]1[C@H]2CC[C@H](C2)N1C(=O)OC(C)(C)C)C(C)C. The van der Waals surface area contributed by atoms with Gasteiger partial charge in [-0.05, 0) is 76.2 Å². The number of carbonyl (C=O) groups excluding carboxylic acids is 6. The van der Waals surface area contributed by atoms with Crippen LogP contribution in [0.3, 0.4) is 0 Å². The summed E-state index contributed by atoms with van der Waals surface area (Å²) in [6, 6.07) is 5.77. The summed E-state index contributed by atoms with van der Waals surface area (Å²) in [7, 11) is 6.03. The lowest BCUT2D eigenvalue weighted by molar-refractivity contribution is -0.149. The molecule has 2 saturated heterocycles. The Morgan fingerprint density at radius 1 is 0.918 bits per heavy atom. The Bertz CT molecular complexity index is 1670. The highest BCUT2D eigenvalue weighted by atomic mass is 16.6. The highest BCUT2D eigenvalue weighted by molar-refractivity contribution is 5.92. The van der Waals surface area contributed by atoms with E-state index in [0.717, 1.165) is 24.8 Å². The topological polar surface area (TPSA) is 173 Å². The summed E-state index contributed by atoms with van der Waals surface area (Å²) in [6.07, 6.45) is 2.68. The van der Waals surface area contributed by atoms with Gasteiger partial charge in [-0.15, -0.1) is 0 Å². The number of ether oxygens (including phenoxy) is 4. The highest BCUT2D eigenvalue weighted by Crippen LogP contribution is 2.43. The number of hydrogen-bond donors (Lipinski definition) is 2. The summed E-state index contributed by atoms with van der Waals surface area (Å²) in [4.78, 5) is 87.8. The molecule has 2 bridgehead atoms.